The van der Waals surface area contributed by atoms with Crippen LogP contribution in [0.25, 0.3) is 0 Å². The first-order chi connectivity index (χ1) is 13.6. The quantitative estimate of drug-likeness (QED) is 0.728. The molecule has 0 aliphatic heterocycles. The Hall–Kier alpha value is -1.23. The van der Waals surface area contributed by atoms with E-state index in [0.29, 0.717) is 30.0 Å². The summed E-state index contributed by atoms with van der Waals surface area (Å²) in [7, 11) is 0. The van der Waals surface area contributed by atoms with Crippen LogP contribution in [0, 0.1) is 46.3 Å². The number of aliphatic hydroxyl groups excluding tert-OH is 1. The van der Waals surface area contributed by atoms with Gasteiger partial charge >= 0.3 is 5.97 Å². The van der Waals surface area contributed by atoms with Crippen LogP contribution in [0.5, 0.6) is 0 Å². The Morgan fingerprint density at radius 1 is 1.14 bits per heavy atom. The summed E-state index contributed by atoms with van der Waals surface area (Å²) in [6, 6.07) is 0. The summed E-state index contributed by atoms with van der Waals surface area (Å²) < 4.78 is 5.02. The molecule has 1 N–H and O–H groups in total. The Morgan fingerprint density at radius 2 is 1.86 bits per heavy atom. The first kappa shape index (κ1) is 21.0. The third kappa shape index (κ3) is 3.19. The normalized spacial score (nSPS) is 49.0. The molecule has 0 bridgehead atoms. The van der Waals surface area contributed by atoms with E-state index < -0.39 is 5.97 Å². The highest BCUT2D eigenvalue weighted by atomic mass is 16.5. The minimum Gasteiger partial charge on any atom is -0.458 e. The number of Topliss-reactive ketones (excluding diaryl/α,β-unsaturated/α-hetero) is 2. The van der Waals surface area contributed by atoms with Gasteiger partial charge in [-0.1, -0.05) is 20.8 Å². The van der Waals surface area contributed by atoms with Gasteiger partial charge in [0.25, 0.3) is 0 Å². The van der Waals surface area contributed by atoms with Crippen molar-refractivity contribution >= 4 is 17.5 Å². The Balaban J connectivity index is 1.62. The third-order valence-corrected chi connectivity index (χ3v) is 9.43. The highest BCUT2D eigenvalue weighted by Gasteiger charge is 2.65. The molecule has 5 nitrogen and oxygen atoms in total. The fraction of sp³-hybridized carbons (Fsp3) is 0.875. The molecule has 0 unspecified atom stereocenters. The van der Waals surface area contributed by atoms with Gasteiger partial charge in [0.1, 0.15) is 12.4 Å². The maximum absolute atomic E-state index is 13.6. The van der Waals surface area contributed by atoms with Gasteiger partial charge in [0.15, 0.2) is 5.78 Å². The van der Waals surface area contributed by atoms with Crippen LogP contribution >= 0.6 is 0 Å². The molecule has 0 amide bonds. The standard InChI is InChI=1S/C24H36O5/c1-13-9-18-17-6-5-15-10-16(26)7-8-23(15,3)22(17)19(27)11-24(18,4)21(13)20(28)12-29-14(2)25/h13,15-18,21-22,26H,5-12H2,1-4H3/t13-,15-,16-,17+,18+,21-,22-,23+,24+/m1/s1. The van der Waals surface area contributed by atoms with Crippen LogP contribution in [-0.4, -0.2) is 35.4 Å². The molecule has 4 rings (SSSR count). The second-order valence-electron chi connectivity index (χ2n) is 11.0. The third-order valence-electron chi connectivity index (χ3n) is 9.43. The summed E-state index contributed by atoms with van der Waals surface area (Å²) in [5.41, 5.74) is -0.337. The van der Waals surface area contributed by atoms with Gasteiger partial charge in [0, 0.05) is 25.2 Å². The van der Waals surface area contributed by atoms with Crippen LogP contribution in [0.4, 0.5) is 0 Å². The van der Waals surface area contributed by atoms with E-state index in [1.807, 2.05) is 0 Å². The number of hydrogen-bond donors (Lipinski definition) is 1. The molecule has 162 valence electrons. The molecule has 0 aromatic carbocycles. The van der Waals surface area contributed by atoms with Gasteiger partial charge in [-0.15, -0.1) is 0 Å². The van der Waals surface area contributed by atoms with Crippen molar-refractivity contribution in [1.82, 2.24) is 0 Å². The van der Waals surface area contributed by atoms with Crippen LogP contribution < -0.4 is 0 Å². The van der Waals surface area contributed by atoms with Gasteiger partial charge in [-0.25, -0.2) is 0 Å². The second kappa shape index (κ2) is 7.18. The molecular formula is C24H36O5. The summed E-state index contributed by atoms with van der Waals surface area (Å²) >= 11 is 0. The minimum atomic E-state index is -0.434. The fourth-order valence-electron chi connectivity index (χ4n) is 8.37. The Kier molecular flexibility index (Phi) is 5.20. The van der Waals surface area contributed by atoms with Crippen molar-refractivity contribution < 1.29 is 24.2 Å². The number of carbonyl (C=O) groups is 3. The van der Waals surface area contributed by atoms with E-state index in [2.05, 4.69) is 20.8 Å². The van der Waals surface area contributed by atoms with Crippen molar-refractivity contribution in [2.75, 3.05) is 6.61 Å². The van der Waals surface area contributed by atoms with E-state index in [1.54, 1.807) is 0 Å². The lowest BCUT2D eigenvalue weighted by atomic mass is 9.44. The smallest absolute Gasteiger partial charge is 0.303 e. The number of aliphatic hydroxyl groups is 1. The van der Waals surface area contributed by atoms with Gasteiger partial charge in [0.05, 0.1) is 6.10 Å². The lowest BCUT2D eigenvalue weighted by Crippen LogP contribution is -2.58. The van der Waals surface area contributed by atoms with E-state index in [1.165, 1.54) is 6.92 Å². The van der Waals surface area contributed by atoms with E-state index in [-0.39, 0.29) is 47.1 Å². The molecule has 0 heterocycles. The number of hydrogen-bond acceptors (Lipinski definition) is 5. The van der Waals surface area contributed by atoms with Crippen molar-refractivity contribution in [3.63, 3.8) is 0 Å². The molecule has 29 heavy (non-hydrogen) atoms. The molecular weight excluding hydrogens is 368 g/mol. The number of ether oxygens (including phenoxy) is 1. The Labute approximate surface area is 174 Å². The first-order valence-electron chi connectivity index (χ1n) is 11.4. The molecule has 4 saturated carbocycles. The molecule has 0 aromatic heterocycles. The zero-order chi connectivity index (χ0) is 21.1. The highest BCUT2D eigenvalue weighted by Crippen LogP contribution is 2.67. The zero-order valence-corrected chi connectivity index (χ0v) is 18.3. The first-order valence-corrected chi connectivity index (χ1v) is 11.4. The van der Waals surface area contributed by atoms with E-state index in [0.717, 1.165) is 38.5 Å². The van der Waals surface area contributed by atoms with E-state index in [9.17, 15) is 19.5 Å². The molecule has 0 spiro atoms. The highest BCUT2D eigenvalue weighted by molar-refractivity contribution is 5.89. The number of esters is 1. The summed E-state index contributed by atoms with van der Waals surface area (Å²) in [6.07, 6.45) is 5.88. The molecule has 4 fully saturated rings. The summed E-state index contributed by atoms with van der Waals surface area (Å²) in [6.45, 7) is 7.72. The SMILES string of the molecule is CC(=O)OCC(=O)[C@H]1[C@H](C)C[C@H]2[C@@H]3CC[C@@H]4C[C@H](O)CC[C@]4(C)[C@H]3C(=O)C[C@@]21C. The predicted octanol–water partition coefficient (Wildman–Crippen LogP) is 3.56. The van der Waals surface area contributed by atoms with Gasteiger partial charge in [-0.3, -0.25) is 14.4 Å². The van der Waals surface area contributed by atoms with E-state index >= 15 is 0 Å². The lowest BCUT2D eigenvalue weighted by Gasteiger charge is -2.59. The van der Waals surface area contributed by atoms with E-state index in [4.69, 9.17) is 4.74 Å². The number of rotatable bonds is 3. The van der Waals surface area contributed by atoms with Crippen LogP contribution in [0.1, 0.15) is 72.6 Å². The van der Waals surface area contributed by atoms with Crippen LogP contribution in [-0.2, 0) is 19.1 Å². The molecule has 4 aliphatic carbocycles. The largest absolute Gasteiger partial charge is 0.458 e. The average Bonchev–Trinajstić information content (AvgIpc) is 2.89. The topological polar surface area (TPSA) is 80.7 Å². The predicted molar refractivity (Wildman–Crippen MR) is 108 cm³/mol. The van der Waals surface area contributed by atoms with Crippen molar-refractivity contribution in [3.05, 3.63) is 0 Å². The van der Waals surface area contributed by atoms with Crippen molar-refractivity contribution in [3.8, 4) is 0 Å². The number of carbonyl (C=O) groups excluding carboxylic acids is 3. The van der Waals surface area contributed by atoms with Crippen molar-refractivity contribution in [1.29, 1.82) is 0 Å². The second-order valence-corrected chi connectivity index (χ2v) is 11.0. The van der Waals surface area contributed by atoms with Gasteiger partial charge < -0.3 is 9.84 Å². The molecule has 0 aromatic rings. The average molecular weight is 405 g/mol. The van der Waals surface area contributed by atoms with Crippen molar-refractivity contribution in [2.45, 2.75) is 78.7 Å². The molecule has 0 saturated heterocycles. The van der Waals surface area contributed by atoms with Crippen LogP contribution in [0.2, 0.25) is 0 Å². The minimum absolute atomic E-state index is 0.0103. The summed E-state index contributed by atoms with van der Waals surface area (Å²) in [5, 5.41) is 10.2. The fourth-order valence-corrected chi connectivity index (χ4v) is 8.37. The Morgan fingerprint density at radius 3 is 2.55 bits per heavy atom. The zero-order valence-electron chi connectivity index (χ0n) is 18.3. The molecule has 0 radical (unpaired) electrons. The summed E-state index contributed by atoms with van der Waals surface area (Å²) in [4.78, 5) is 37.8. The van der Waals surface area contributed by atoms with Crippen molar-refractivity contribution in [2.24, 2.45) is 46.3 Å². The molecule has 5 heteroatoms. The lowest BCUT2D eigenvalue weighted by molar-refractivity contribution is -0.164. The van der Waals surface area contributed by atoms with Gasteiger partial charge in [-0.2, -0.15) is 0 Å². The number of ketones is 2. The number of fused-ring (bicyclic) bond motifs is 5. The molecule has 4 aliphatic rings. The molecule has 9 atom stereocenters. The maximum atomic E-state index is 13.6. The Bertz CT molecular complexity index is 716. The summed E-state index contributed by atoms with van der Waals surface area (Å²) in [5.74, 6) is 1.08. The van der Waals surface area contributed by atoms with Gasteiger partial charge in [-0.05, 0) is 73.0 Å². The maximum Gasteiger partial charge on any atom is 0.303 e. The van der Waals surface area contributed by atoms with Crippen LogP contribution in [0.15, 0.2) is 0 Å². The monoisotopic (exact) mass is 404 g/mol. The van der Waals surface area contributed by atoms with Gasteiger partial charge in [0.2, 0.25) is 0 Å². The van der Waals surface area contributed by atoms with Crippen LogP contribution in [0.3, 0.4) is 0 Å².